The van der Waals surface area contributed by atoms with Crippen LogP contribution in [-0.2, 0) is 4.79 Å². The summed E-state index contributed by atoms with van der Waals surface area (Å²) in [7, 11) is 2.02. The number of nitrogens with one attached hydrogen (secondary N) is 2. The van der Waals surface area contributed by atoms with Crippen LogP contribution >= 0.6 is 11.6 Å². The maximum absolute atomic E-state index is 12.2. The third kappa shape index (κ3) is 6.40. The molecule has 0 aromatic heterocycles. The van der Waals surface area contributed by atoms with Gasteiger partial charge >= 0.3 is 0 Å². The van der Waals surface area contributed by atoms with Crippen LogP contribution in [-0.4, -0.2) is 32.7 Å². The van der Waals surface area contributed by atoms with Crippen molar-refractivity contribution in [2.24, 2.45) is 0 Å². The minimum absolute atomic E-state index is 0.0357. The summed E-state index contributed by atoms with van der Waals surface area (Å²) in [5.41, 5.74) is 3.09. The molecular formula is C20H26ClN2O2+. The molecule has 1 atom stereocenters. The molecule has 4 nitrogen and oxygen atoms in total. The number of hydrogen-bond donors (Lipinski definition) is 2. The number of rotatable bonds is 8. The molecule has 2 rings (SSSR count). The Morgan fingerprint density at radius 1 is 1.12 bits per heavy atom. The number of benzene rings is 2. The summed E-state index contributed by atoms with van der Waals surface area (Å²) in [5, 5.41) is 3.73. The summed E-state index contributed by atoms with van der Waals surface area (Å²) in [6, 6.07) is 13.4. The molecule has 0 saturated carbocycles. The minimum atomic E-state index is 0.0357. The number of para-hydroxylation sites is 1. The number of likely N-dealkylation sites (N-methyl/N-ethyl adjacent to an activating group) is 1. The molecule has 134 valence electrons. The highest BCUT2D eigenvalue weighted by Gasteiger charge is 2.12. The molecule has 1 amide bonds. The highest BCUT2D eigenvalue weighted by Crippen LogP contribution is 2.19. The zero-order valence-electron chi connectivity index (χ0n) is 15.1. The number of carbonyl (C=O) groups is 1. The summed E-state index contributed by atoms with van der Waals surface area (Å²) in [5.74, 6) is 0.850. The SMILES string of the molecule is Cc1cccc(C)c1NC(=O)C[NH+](C)CCCOc1ccc(Cl)cc1. The Morgan fingerprint density at radius 2 is 1.76 bits per heavy atom. The van der Waals surface area contributed by atoms with Crippen LogP contribution in [0.4, 0.5) is 5.69 Å². The van der Waals surface area contributed by atoms with Gasteiger partial charge in [-0.25, -0.2) is 0 Å². The molecule has 2 aromatic rings. The van der Waals surface area contributed by atoms with E-state index in [1.165, 1.54) is 0 Å². The Morgan fingerprint density at radius 3 is 2.40 bits per heavy atom. The first kappa shape index (κ1) is 19.3. The minimum Gasteiger partial charge on any atom is -0.493 e. The van der Waals surface area contributed by atoms with Gasteiger partial charge in [0.1, 0.15) is 5.75 Å². The van der Waals surface area contributed by atoms with E-state index in [9.17, 15) is 4.79 Å². The Balaban J connectivity index is 1.70. The van der Waals surface area contributed by atoms with Crippen molar-refractivity contribution in [3.8, 4) is 5.75 Å². The highest BCUT2D eigenvalue weighted by atomic mass is 35.5. The smallest absolute Gasteiger partial charge is 0.279 e. The summed E-state index contributed by atoms with van der Waals surface area (Å²) < 4.78 is 5.67. The second-order valence-electron chi connectivity index (χ2n) is 6.35. The average molecular weight is 362 g/mol. The van der Waals surface area contributed by atoms with Gasteiger partial charge in [0.05, 0.1) is 20.2 Å². The quantitative estimate of drug-likeness (QED) is 0.710. The molecule has 0 spiro atoms. The van der Waals surface area contributed by atoms with Crippen molar-refractivity contribution in [2.75, 3.05) is 32.1 Å². The molecule has 0 radical (unpaired) electrons. The lowest BCUT2D eigenvalue weighted by Gasteiger charge is -2.16. The third-order valence-electron chi connectivity index (χ3n) is 4.04. The molecule has 0 aliphatic heterocycles. The lowest BCUT2D eigenvalue weighted by molar-refractivity contribution is -0.871. The van der Waals surface area contributed by atoms with Crippen LogP contribution in [0.5, 0.6) is 5.75 Å². The molecule has 0 aliphatic rings. The number of quaternary nitrogens is 1. The number of aryl methyl sites for hydroxylation is 2. The average Bonchev–Trinajstić information content (AvgIpc) is 2.57. The molecule has 0 heterocycles. The summed E-state index contributed by atoms with van der Waals surface area (Å²) >= 11 is 5.84. The van der Waals surface area contributed by atoms with Crippen LogP contribution < -0.4 is 15.0 Å². The highest BCUT2D eigenvalue weighted by molar-refractivity contribution is 6.30. The fraction of sp³-hybridized carbons (Fsp3) is 0.350. The van der Waals surface area contributed by atoms with Crippen molar-refractivity contribution in [1.29, 1.82) is 0 Å². The topological polar surface area (TPSA) is 42.8 Å². The second-order valence-corrected chi connectivity index (χ2v) is 6.79. The number of hydrogen-bond acceptors (Lipinski definition) is 2. The predicted molar refractivity (Wildman–Crippen MR) is 103 cm³/mol. The molecule has 0 bridgehead atoms. The van der Waals surface area contributed by atoms with Crippen LogP contribution in [0.2, 0.25) is 5.02 Å². The van der Waals surface area contributed by atoms with Crippen molar-refractivity contribution >= 4 is 23.2 Å². The van der Waals surface area contributed by atoms with Gasteiger partial charge in [0.25, 0.3) is 5.91 Å². The Bertz CT molecular complexity index is 681. The van der Waals surface area contributed by atoms with E-state index in [4.69, 9.17) is 16.3 Å². The van der Waals surface area contributed by atoms with Crippen LogP contribution in [0.1, 0.15) is 17.5 Å². The number of anilines is 1. The normalized spacial score (nSPS) is 11.8. The second kappa shape index (κ2) is 9.44. The zero-order chi connectivity index (χ0) is 18.2. The van der Waals surface area contributed by atoms with Gasteiger partial charge in [-0.3, -0.25) is 4.79 Å². The van der Waals surface area contributed by atoms with E-state index in [0.29, 0.717) is 18.2 Å². The van der Waals surface area contributed by atoms with Crippen molar-refractivity contribution < 1.29 is 14.4 Å². The predicted octanol–water partition coefficient (Wildman–Crippen LogP) is 2.88. The van der Waals surface area contributed by atoms with Gasteiger partial charge in [-0.2, -0.15) is 0 Å². The molecule has 1 unspecified atom stereocenters. The molecule has 0 aliphatic carbocycles. The van der Waals surface area contributed by atoms with Crippen molar-refractivity contribution in [3.63, 3.8) is 0 Å². The molecular weight excluding hydrogens is 336 g/mol. The lowest BCUT2D eigenvalue weighted by Crippen LogP contribution is -3.10. The number of amides is 1. The number of ether oxygens (including phenoxy) is 1. The third-order valence-corrected chi connectivity index (χ3v) is 4.29. The van der Waals surface area contributed by atoms with Gasteiger partial charge in [0, 0.05) is 17.1 Å². The number of carbonyl (C=O) groups excluding carboxylic acids is 1. The van der Waals surface area contributed by atoms with E-state index in [2.05, 4.69) is 5.32 Å². The van der Waals surface area contributed by atoms with E-state index in [1.54, 1.807) is 0 Å². The zero-order valence-corrected chi connectivity index (χ0v) is 15.8. The van der Waals surface area contributed by atoms with Crippen LogP contribution in [0.3, 0.4) is 0 Å². The van der Waals surface area contributed by atoms with Crippen molar-refractivity contribution in [2.45, 2.75) is 20.3 Å². The van der Waals surface area contributed by atoms with Crippen LogP contribution in [0.15, 0.2) is 42.5 Å². The van der Waals surface area contributed by atoms with E-state index >= 15 is 0 Å². The number of halogens is 1. The molecule has 0 saturated heterocycles. The van der Waals surface area contributed by atoms with Gasteiger partial charge in [-0.15, -0.1) is 0 Å². The maximum Gasteiger partial charge on any atom is 0.279 e. The van der Waals surface area contributed by atoms with E-state index < -0.39 is 0 Å². The first-order valence-corrected chi connectivity index (χ1v) is 8.89. The van der Waals surface area contributed by atoms with Gasteiger partial charge in [0.2, 0.25) is 0 Å². The van der Waals surface area contributed by atoms with Gasteiger partial charge in [-0.05, 0) is 49.2 Å². The van der Waals surface area contributed by atoms with Gasteiger partial charge in [0.15, 0.2) is 6.54 Å². The Hall–Kier alpha value is -2.04. The maximum atomic E-state index is 12.2. The van der Waals surface area contributed by atoms with E-state index in [-0.39, 0.29) is 5.91 Å². The largest absolute Gasteiger partial charge is 0.493 e. The summed E-state index contributed by atoms with van der Waals surface area (Å²) in [4.78, 5) is 13.4. The Kier molecular flexibility index (Phi) is 7.29. The van der Waals surface area contributed by atoms with E-state index in [1.807, 2.05) is 63.4 Å². The van der Waals surface area contributed by atoms with Gasteiger partial charge in [-0.1, -0.05) is 29.8 Å². The fourth-order valence-corrected chi connectivity index (χ4v) is 2.78. The summed E-state index contributed by atoms with van der Waals surface area (Å²) in [6.45, 7) is 5.94. The molecule has 0 fully saturated rings. The van der Waals surface area contributed by atoms with Crippen molar-refractivity contribution in [1.82, 2.24) is 0 Å². The first-order valence-electron chi connectivity index (χ1n) is 8.51. The van der Waals surface area contributed by atoms with Crippen LogP contribution in [0.25, 0.3) is 0 Å². The Labute approximate surface area is 154 Å². The standard InChI is InChI=1S/C20H25ClN2O2/c1-15-6-4-7-16(2)20(15)22-19(24)14-23(3)12-5-13-25-18-10-8-17(21)9-11-18/h4,6-11H,5,12-14H2,1-3H3,(H,22,24)/p+1. The van der Waals surface area contributed by atoms with Crippen molar-refractivity contribution in [3.05, 3.63) is 58.6 Å². The monoisotopic (exact) mass is 361 g/mol. The molecule has 5 heteroatoms. The molecule has 2 N–H and O–H groups in total. The summed E-state index contributed by atoms with van der Waals surface area (Å²) in [6.07, 6.45) is 0.880. The van der Waals surface area contributed by atoms with E-state index in [0.717, 1.165) is 40.4 Å². The fourth-order valence-electron chi connectivity index (χ4n) is 2.65. The van der Waals surface area contributed by atoms with Gasteiger partial charge < -0.3 is 15.0 Å². The molecule has 2 aromatic carbocycles. The van der Waals surface area contributed by atoms with Crippen LogP contribution in [0, 0.1) is 13.8 Å². The first-order chi connectivity index (χ1) is 12.0. The molecule has 25 heavy (non-hydrogen) atoms. The lowest BCUT2D eigenvalue weighted by atomic mass is 10.1.